The lowest BCUT2D eigenvalue weighted by Crippen LogP contribution is -2.26. The molecule has 0 saturated heterocycles. The monoisotopic (exact) mass is 274 g/mol. The maximum Gasteiger partial charge on any atom is 0.00598 e. The van der Waals surface area contributed by atoms with Crippen LogP contribution >= 0.6 is 15.9 Å². The van der Waals surface area contributed by atoms with Gasteiger partial charge in [-0.05, 0) is 37.0 Å². The SMILES string of the molecule is CCCCCCC1(C)CCCC(CBr)C1. The molecule has 90 valence electrons. The summed E-state index contributed by atoms with van der Waals surface area (Å²) in [5.74, 6) is 0.954. The van der Waals surface area contributed by atoms with E-state index >= 15 is 0 Å². The van der Waals surface area contributed by atoms with E-state index in [0.29, 0.717) is 5.41 Å². The molecule has 1 fully saturated rings. The predicted octanol–water partition coefficient (Wildman–Crippen LogP) is 5.55. The van der Waals surface area contributed by atoms with Crippen molar-refractivity contribution in [3.8, 4) is 0 Å². The molecule has 0 spiro atoms. The van der Waals surface area contributed by atoms with Gasteiger partial charge in [0.1, 0.15) is 0 Å². The molecule has 0 nitrogen and oxygen atoms in total. The lowest BCUT2D eigenvalue weighted by atomic mass is 9.69. The normalized spacial score (nSPS) is 31.8. The minimum atomic E-state index is 0.671. The molecule has 1 rings (SSSR count). The van der Waals surface area contributed by atoms with Crippen LogP contribution in [0.25, 0.3) is 0 Å². The van der Waals surface area contributed by atoms with Gasteiger partial charge in [0.2, 0.25) is 0 Å². The molecule has 15 heavy (non-hydrogen) atoms. The van der Waals surface area contributed by atoms with Crippen molar-refractivity contribution in [1.29, 1.82) is 0 Å². The van der Waals surface area contributed by atoms with Crippen molar-refractivity contribution in [2.24, 2.45) is 11.3 Å². The Labute approximate surface area is 104 Å². The largest absolute Gasteiger partial charge is 0.0925 e. The maximum atomic E-state index is 3.66. The van der Waals surface area contributed by atoms with Crippen molar-refractivity contribution in [2.45, 2.75) is 71.6 Å². The molecular weight excluding hydrogens is 248 g/mol. The number of unbranched alkanes of at least 4 members (excludes halogenated alkanes) is 3. The summed E-state index contributed by atoms with van der Waals surface area (Å²) in [6.45, 7) is 4.82. The minimum absolute atomic E-state index is 0.671. The Morgan fingerprint density at radius 3 is 2.73 bits per heavy atom. The molecule has 1 aliphatic rings. The highest BCUT2D eigenvalue weighted by atomic mass is 79.9. The maximum absolute atomic E-state index is 3.66. The van der Waals surface area contributed by atoms with Crippen LogP contribution in [-0.2, 0) is 0 Å². The first-order valence-corrected chi connectivity index (χ1v) is 7.88. The molecule has 0 bridgehead atoms. The van der Waals surface area contributed by atoms with E-state index in [-0.39, 0.29) is 0 Å². The molecule has 0 radical (unpaired) electrons. The van der Waals surface area contributed by atoms with Crippen LogP contribution in [0, 0.1) is 11.3 Å². The number of hydrogen-bond acceptors (Lipinski definition) is 0. The summed E-state index contributed by atoms with van der Waals surface area (Å²) in [5, 5.41) is 1.22. The third-order valence-corrected chi connectivity index (χ3v) is 4.94. The van der Waals surface area contributed by atoms with E-state index in [0.717, 1.165) is 5.92 Å². The summed E-state index contributed by atoms with van der Waals surface area (Å²) in [6.07, 6.45) is 13.0. The summed E-state index contributed by atoms with van der Waals surface area (Å²) >= 11 is 3.66. The Kier molecular flexibility index (Phi) is 6.26. The van der Waals surface area contributed by atoms with E-state index in [1.165, 1.54) is 63.1 Å². The second-order valence-electron chi connectivity index (χ2n) is 5.74. The molecule has 0 heterocycles. The highest BCUT2D eigenvalue weighted by Gasteiger charge is 2.30. The molecule has 0 aromatic rings. The molecular formula is C14H27Br. The summed E-state index contributed by atoms with van der Waals surface area (Å²) in [6, 6.07) is 0. The molecule has 0 aromatic heterocycles. The fourth-order valence-electron chi connectivity index (χ4n) is 3.06. The van der Waals surface area contributed by atoms with Gasteiger partial charge >= 0.3 is 0 Å². The zero-order chi connectivity index (χ0) is 11.1. The minimum Gasteiger partial charge on any atom is -0.0925 e. The van der Waals surface area contributed by atoms with Crippen molar-refractivity contribution >= 4 is 15.9 Å². The van der Waals surface area contributed by atoms with Gasteiger partial charge in [0.05, 0.1) is 0 Å². The van der Waals surface area contributed by atoms with Gasteiger partial charge in [-0.1, -0.05) is 61.9 Å². The highest BCUT2D eigenvalue weighted by molar-refractivity contribution is 9.09. The van der Waals surface area contributed by atoms with Gasteiger partial charge in [0, 0.05) is 5.33 Å². The van der Waals surface area contributed by atoms with Crippen molar-refractivity contribution in [3.63, 3.8) is 0 Å². The van der Waals surface area contributed by atoms with Gasteiger partial charge in [-0.25, -0.2) is 0 Å². The first-order valence-electron chi connectivity index (χ1n) is 6.76. The number of rotatable bonds is 6. The van der Waals surface area contributed by atoms with Crippen LogP contribution in [0.5, 0.6) is 0 Å². The average molecular weight is 275 g/mol. The lowest BCUT2D eigenvalue weighted by Gasteiger charge is -2.38. The zero-order valence-corrected chi connectivity index (χ0v) is 12.1. The van der Waals surface area contributed by atoms with Crippen LogP contribution in [0.3, 0.4) is 0 Å². The summed E-state index contributed by atoms with van der Waals surface area (Å²) in [5.41, 5.74) is 0.671. The van der Waals surface area contributed by atoms with E-state index in [1.54, 1.807) is 0 Å². The van der Waals surface area contributed by atoms with Crippen LogP contribution < -0.4 is 0 Å². The molecule has 1 aliphatic carbocycles. The van der Waals surface area contributed by atoms with Gasteiger partial charge < -0.3 is 0 Å². The molecule has 1 heteroatoms. The molecule has 2 unspecified atom stereocenters. The van der Waals surface area contributed by atoms with Gasteiger partial charge in [0.15, 0.2) is 0 Å². The number of alkyl halides is 1. The topological polar surface area (TPSA) is 0 Å². The Hall–Kier alpha value is 0.480. The highest BCUT2D eigenvalue weighted by Crippen LogP contribution is 2.43. The Balaban J connectivity index is 2.24. The van der Waals surface area contributed by atoms with E-state index in [1.807, 2.05) is 0 Å². The lowest BCUT2D eigenvalue weighted by molar-refractivity contribution is 0.153. The average Bonchev–Trinajstić information content (AvgIpc) is 2.24. The Morgan fingerprint density at radius 1 is 1.27 bits per heavy atom. The van der Waals surface area contributed by atoms with Gasteiger partial charge in [-0.2, -0.15) is 0 Å². The van der Waals surface area contributed by atoms with E-state index in [2.05, 4.69) is 29.8 Å². The van der Waals surface area contributed by atoms with Gasteiger partial charge in [0.25, 0.3) is 0 Å². The van der Waals surface area contributed by atoms with E-state index in [9.17, 15) is 0 Å². The third-order valence-electron chi connectivity index (χ3n) is 4.03. The van der Waals surface area contributed by atoms with Crippen LogP contribution in [-0.4, -0.2) is 5.33 Å². The fraction of sp³-hybridized carbons (Fsp3) is 1.00. The first-order chi connectivity index (χ1) is 7.20. The summed E-state index contributed by atoms with van der Waals surface area (Å²) in [4.78, 5) is 0. The standard InChI is InChI=1S/C14H27Br/c1-3-4-5-6-9-14(2)10-7-8-13(11-14)12-15/h13H,3-12H2,1-2H3. The summed E-state index contributed by atoms with van der Waals surface area (Å²) in [7, 11) is 0. The summed E-state index contributed by atoms with van der Waals surface area (Å²) < 4.78 is 0. The second-order valence-corrected chi connectivity index (χ2v) is 6.39. The van der Waals surface area contributed by atoms with Crippen LogP contribution in [0.15, 0.2) is 0 Å². The quantitative estimate of drug-likeness (QED) is 0.440. The number of halogens is 1. The fourth-order valence-corrected chi connectivity index (χ4v) is 3.61. The molecule has 1 saturated carbocycles. The number of hydrogen-bond donors (Lipinski definition) is 0. The van der Waals surface area contributed by atoms with Gasteiger partial charge in [-0.15, -0.1) is 0 Å². The smallest absolute Gasteiger partial charge is 0.00598 e. The van der Waals surface area contributed by atoms with Crippen LogP contribution in [0.1, 0.15) is 71.6 Å². The first kappa shape index (κ1) is 13.5. The van der Waals surface area contributed by atoms with Crippen molar-refractivity contribution in [1.82, 2.24) is 0 Å². The molecule has 2 atom stereocenters. The third kappa shape index (κ3) is 4.89. The van der Waals surface area contributed by atoms with E-state index < -0.39 is 0 Å². The molecule has 0 N–H and O–H groups in total. The molecule has 0 aliphatic heterocycles. The van der Waals surface area contributed by atoms with Crippen LogP contribution in [0.2, 0.25) is 0 Å². The Morgan fingerprint density at radius 2 is 2.07 bits per heavy atom. The molecule has 0 aromatic carbocycles. The van der Waals surface area contributed by atoms with Crippen molar-refractivity contribution < 1.29 is 0 Å². The molecule has 0 amide bonds. The van der Waals surface area contributed by atoms with Crippen LogP contribution in [0.4, 0.5) is 0 Å². The predicted molar refractivity (Wildman–Crippen MR) is 72.6 cm³/mol. The van der Waals surface area contributed by atoms with E-state index in [4.69, 9.17) is 0 Å². The van der Waals surface area contributed by atoms with Crippen molar-refractivity contribution in [3.05, 3.63) is 0 Å². The van der Waals surface area contributed by atoms with Crippen molar-refractivity contribution in [2.75, 3.05) is 5.33 Å². The van der Waals surface area contributed by atoms with Gasteiger partial charge in [-0.3, -0.25) is 0 Å². The zero-order valence-electron chi connectivity index (χ0n) is 10.5. The Bertz CT molecular complexity index is 167. The second kappa shape index (κ2) is 6.93.